The first-order valence-corrected chi connectivity index (χ1v) is 9.11. The first kappa shape index (κ1) is 17.1. The third-order valence-corrected chi connectivity index (χ3v) is 5.91. The minimum atomic E-state index is -0.0999. The maximum atomic E-state index is 12.8. The van der Waals surface area contributed by atoms with Crippen LogP contribution in [0.1, 0.15) is 35.0 Å². The quantitative estimate of drug-likeness (QED) is 0.849. The van der Waals surface area contributed by atoms with Crippen molar-refractivity contribution in [3.63, 3.8) is 0 Å². The number of ether oxygens (including phenoxy) is 1. The van der Waals surface area contributed by atoms with Gasteiger partial charge in [-0.25, -0.2) is 4.98 Å². The number of aromatic nitrogens is 2. The van der Waals surface area contributed by atoms with Crippen LogP contribution in [-0.2, 0) is 11.3 Å². The van der Waals surface area contributed by atoms with Gasteiger partial charge in [0.25, 0.3) is 11.5 Å². The van der Waals surface area contributed by atoms with Gasteiger partial charge in [0.15, 0.2) is 0 Å². The third-order valence-electron chi connectivity index (χ3n) is 4.72. The van der Waals surface area contributed by atoms with Gasteiger partial charge in [0.05, 0.1) is 29.7 Å². The van der Waals surface area contributed by atoms with Gasteiger partial charge >= 0.3 is 0 Å². The summed E-state index contributed by atoms with van der Waals surface area (Å²) in [5.41, 5.74) is 0.653. The summed E-state index contributed by atoms with van der Waals surface area (Å²) in [6.45, 7) is 6.56. The molecule has 24 heavy (non-hydrogen) atoms. The van der Waals surface area contributed by atoms with Crippen LogP contribution in [0, 0.1) is 12.8 Å². The van der Waals surface area contributed by atoms with E-state index in [0.29, 0.717) is 34.2 Å². The van der Waals surface area contributed by atoms with Gasteiger partial charge in [-0.2, -0.15) is 0 Å². The second-order valence-corrected chi connectivity index (χ2v) is 7.45. The average molecular weight is 349 g/mol. The van der Waals surface area contributed by atoms with Crippen LogP contribution in [0.3, 0.4) is 0 Å². The topological polar surface area (TPSA) is 64.4 Å². The number of thiophene rings is 1. The Morgan fingerprint density at radius 1 is 1.42 bits per heavy atom. The Bertz CT molecular complexity index is 803. The van der Waals surface area contributed by atoms with Gasteiger partial charge in [-0.1, -0.05) is 6.92 Å². The summed E-state index contributed by atoms with van der Waals surface area (Å²) >= 11 is 1.33. The number of nitrogens with zero attached hydrogens (tertiary/aromatic N) is 3. The molecule has 0 spiro atoms. The van der Waals surface area contributed by atoms with Crippen LogP contribution >= 0.6 is 11.3 Å². The van der Waals surface area contributed by atoms with Gasteiger partial charge in [-0.3, -0.25) is 14.2 Å². The molecule has 130 valence electrons. The van der Waals surface area contributed by atoms with Crippen LogP contribution in [0.4, 0.5) is 0 Å². The van der Waals surface area contributed by atoms with E-state index >= 15 is 0 Å². The third kappa shape index (κ3) is 3.10. The zero-order valence-corrected chi connectivity index (χ0v) is 15.2. The molecule has 0 unspecified atom stereocenters. The monoisotopic (exact) mass is 349 g/mol. The fourth-order valence-corrected chi connectivity index (χ4v) is 4.17. The van der Waals surface area contributed by atoms with Crippen LogP contribution in [0.25, 0.3) is 10.2 Å². The normalized spacial score (nSPS) is 16.0. The van der Waals surface area contributed by atoms with Crippen LogP contribution in [0.2, 0.25) is 0 Å². The van der Waals surface area contributed by atoms with Crippen LogP contribution < -0.4 is 5.56 Å². The molecular weight excluding hydrogens is 326 g/mol. The Labute approximate surface area is 145 Å². The van der Waals surface area contributed by atoms with E-state index < -0.39 is 0 Å². The molecule has 3 rings (SSSR count). The lowest BCUT2D eigenvalue weighted by Gasteiger charge is -2.30. The summed E-state index contributed by atoms with van der Waals surface area (Å²) in [6.07, 6.45) is 3.62. The summed E-state index contributed by atoms with van der Waals surface area (Å²) in [7, 11) is 1.60. The van der Waals surface area contributed by atoms with Gasteiger partial charge in [0, 0.05) is 20.2 Å². The summed E-state index contributed by atoms with van der Waals surface area (Å²) in [4.78, 5) is 33.1. The maximum absolute atomic E-state index is 12.8. The van der Waals surface area contributed by atoms with Crippen molar-refractivity contribution in [1.82, 2.24) is 14.5 Å². The molecule has 0 atom stereocenters. The molecule has 0 N–H and O–H groups in total. The van der Waals surface area contributed by atoms with Crippen molar-refractivity contribution in [3.8, 4) is 0 Å². The molecule has 1 fully saturated rings. The highest BCUT2D eigenvalue weighted by Gasteiger charge is 2.26. The number of carbonyl (C=O) groups is 1. The lowest BCUT2D eigenvalue weighted by molar-refractivity contribution is 0.0701. The molecule has 3 heterocycles. The molecule has 1 amide bonds. The smallest absolute Gasteiger partial charge is 0.264 e. The van der Waals surface area contributed by atoms with Gasteiger partial charge in [-0.05, 0) is 31.2 Å². The minimum absolute atomic E-state index is 0.0326. The fraction of sp³-hybridized carbons (Fsp3) is 0.588. The predicted octanol–water partition coefficient (Wildman–Crippen LogP) is 2.28. The van der Waals surface area contributed by atoms with E-state index in [-0.39, 0.29) is 11.5 Å². The SMILES string of the molecule is COCCn1cnc2sc(C(=O)N3CCC(C)CC3)c(C)c2c1=O. The first-order chi connectivity index (χ1) is 11.5. The average Bonchev–Trinajstić information content (AvgIpc) is 2.92. The largest absolute Gasteiger partial charge is 0.383 e. The molecule has 1 saturated heterocycles. The van der Waals surface area contributed by atoms with E-state index in [0.717, 1.165) is 31.5 Å². The molecular formula is C17H23N3O3S. The van der Waals surface area contributed by atoms with Crippen LogP contribution in [-0.4, -0.2) is 47.2 Å². The number of rotatable bonds is 4. The van der Waals surface area contributed by atoms with E-state index in [2.05, 4.69) is 11.9 Å². The van der Waals surface area contributed by atoms with E-state index in [1.807, 2.05) is 11.8 Å². The number of amides is 1. The van der Waals surface area contributed by atoms with Gasteiger partial charge in [-0.15, -0.1) is 11.3 Å². The number of fused-ring (bicyclic) bond motifs is 1. The number of likely N-dealkylation sites (tertiary alicyclic amines) is 1. The molecule has 0 saturated carbocycles. The number of methoxy groups -OCH3 is 1. The molecule has 7 heteroatoms. The van der Waals surface area contributed by atoms with Crippen molar-refractivity contribution in [2.45, 2.75) is 33.2 Å². The van der Waals surface area contributed by atoms with Crippen molar-refractivity contribution < 1.29 is 9.53 Å². The van der Waals surface area contributed by atoms with Crippen molar-refractivity contribution in [1.29, 1.82) is 0 Å². The van der Waals surface area contributed by atoms with Gasteiger partial charge in [0.2, 0.25) is 0 Å². The number of hydrogen-bond acceptors (Lipinski definition) is 5. The Balaban J connectivity index is 1.95. The fourth-order valence-electron chi connectivity index (χ4n) is 3.07. The van der Waals surface area contributed by atoms with Gasteiger partial charge < -0.3 is 9.64 Å². The number of hydrogen-bond donors (Lipinski definition) is 0. The molecule has 2 aromatic heterocycles. The zero-order chi connectivity index (χ0) is 17.3. The molecule has 2 aromatic rings. The summed E-state index contributed by atoms with van der Waals surface area (Å²) in [5.74, 6) is 0.706. The number of carbonyl (C=O) groups excluding carboxylic acids is 1. The Morgan fingerprint density at radius 3 is 2.79 bits per heavy atom. The second-order valence-electron chi connectivity index (χ2n) is 6.45. The maximum Gasteiger partial charge on any atom is 0.264 e. The highest BCUT2D eigenvalue weighted by molar-refractivity contribution is 7.20. The highest BCUT2D eigenvalue weighted by Crippen LogP contribution is 2.29. The van der Waals surface area contributed by atoms with Crippen molar-refractivity contribution in [2.75, 3.05) is 26.8 Å². The van der Waals surface area contributed by atoms with Crippen molar-refractivity contribution in [3.05, 3.63) is 27.1 Å². The molecule has 1 aliphatic heterocycles. The molecule has 0 aromatic carbocycles. The minimum Gasteiger partial charge on any atom is -0.383 e. The molecule has 6 nitrogen and oxygen atoms in total. The van der Waals surface area contributed by atoms with Crippen LogP contribution in [0.5, 0.6) is 0 Å². The molecule has 0 bridgehead atoms. The second kappa shape index (κ2) is 7.03. The number of aryl methyl sites for hydroxylation is 1. The zero-order valence-electron chi connectivity index (χ0n) is 14.4. The Morgan fingerprint density at radius 2 is 2.12 bits per heavy atom. The molecule has 0 aliphatic carbocycles. The van der Waals surface area contributed by atoms with Crippen LogP contribution in [0.15, 0.2) is 11.1 Å². The molecule has 0 radical (unpaired) electrons. The predicted molar refractivity (Wildman–Crippen MR) is 94.8 cm³/mol. The summed E-state index contributed by atoms with van der Waals surface area (Å²) in [6, 6.07) is 0. The summed E-state index contributed by atoms with van der Waals surface area (Å²) in [5, 5.41) is 0.562. The number of piperidine rings is 1. The van der Waals surface area contributed by atoms with E-state index in [4.69, 9.17) is 4.74 Å². The lowest BCUT2D eigenvalue weighted by Crippen LogP contribution is -2.37. The lowest BCUT2D eigenvalue weighted by atomic mass is 9.99. The van der Waals surface area contributed by atoms with Gasteiger partial charge in [0.1, 0.15) is 4.83 Å². The highest BCUT2D eigenvalue weighted by atomic mass is 32.1. The van der Waals surface area contributed by atoms with E-state index in [1.165, 1.54) is 17.7 Å². The van der Waals surface area contributed by atoms with E-state index in [1.54, 1.807) is 11.7 Å². The summed E-state index contributed by atoms with van der Waals surface area (Å²) < 4.78 is 6.57. The van der Waals surface area contributed by atoms with E-state index in [9.17, 15) is 9.59 Å². The van der Waals surface area contributed by atoms with Crippen molar-refractivity contribution in [2.24, 2.45) is 5.92 Å². The first-order valence-electron chi connectivity index (χ1n) is 8.29. The molecule has 1 aliphatic rings. The Hall–Kier alpha value is -1.73. The standard InChI is InChI=1S/C17H23N3O3S/c1-11-4-6-19(7-5-11)17(22)14-12(2)13-15(24-14)18-10-20(16(13)21)8-9-23-3/h10-11H,4-9H2,1-3H3. The Kier molecular flexibility index (Phi) is 5.01. The van der Waals surface area contributed by atoms with Crippen molar-refractivity contribution >= 4 is 27.5 Å².